The molecule has 1 heterocycles. The van der Waals surface area contributed by atoms with Crippen LogP contribution in [0, 0.1) is 0 Å². The number of hydrogen-bond donors (Lipinski definition) is 0. The van der Waals surface area contributed by atoms with Crippen molar-refractivity contribution in [3.05, 3.63) is 71.1 Å². The van der Waals surface area contributed by atoms with Crippen LogP contribution < -0.4 is 15.1 Å². The van der Waals surface area contributed by atoms with Crippen LogP contribution in [-0.2, 0) is 9.53 Å². The second-order valence-corrected chi connectivity index (χ2v) is 9.66. The van der Waals surface area contributed by atoms with Crippen LogP contribution in [-0.4, -0.2) is 23.5 Å². The summed E-state index contributed by atoms with van der Waals surface area (Å²) in [5.74, 6) is -0.610. The third-order valence-corrected chi connectivity index (χ3v) is 5.07. The van der Waals surface area contributed by atoms with Gasteiger partial charge in [-0.1, -0.05) is 24.8 Å². The summed E-state index contributed by atoms with van der Waals surface area (Å²) in [7, 11) is 0. The zero-order valence-corrected chi connectivity index (χ0v) is 20.6. The smallest absolute Gasteiger partial charge is 0.488 e. The molecule has 3 rings (SSSR count). The highest BCUT2D eigenvalue weighted by atomic mass is 19.4. The molecule has 3 aromatic rings. The topological polar surface area (TPSA) is 75.0 Å². The van der Waals surface area contributed by atoms with E-state index in [0.29, 0.717) is 23.1 Å². The monoisotopic (exact) mass is 504 g/mol. The maximum absolute atomic E-state index is 12.8. The van der Waals surface area contributed by atoms with Gasteiger partial charge in [-0.25, -0.2) is 9.59 Å². The van der Waals surface area contributed by atoms with Crippen LogP contribution >= 0.6 is 0 Å². The zero-order valence-electron chi connectivity index (χ0n) is 20.6. The van der Waals surface area contributed by atoms with E-state index in [9.17, 15) is 22.8 Å². The van der Waals surface area contributed by atoms with Crippen LogP contribution in [0.5, 0.6) is 11.5 Å². The van der Waals surface area contributed by atoms with Gasteiger partial charge in [0.05, 0.1) is 5.56 Å². The van der Waals surface area contributed by atoms with Gasteiger partial charge in [-0.15, -0.1) is 13.2 Å². The maximum Gasteiger partial charge on any atom is 0.573 e. The van der Waals surface area contributed by atoms with E-state index in [-0.39, 0.29) is 16.7 Å². The van der Waals surface area contributed by atoms with Gasteiger partial charge in [0.25, 0.3) is 0 Å². The van der Waals surface area contributed by atoms with Gasteiger partial charge < -0.3 is 18.6 Å². The summed E-state index contributed by atoms with van der Waals surface area (Å²) >= 11 is 0. The van der Waals surface area contributed by atoms with Gasteiger partial charge in [0.1, 0.15) is 28.3 Å². The van der Waals surface area contributed by atoms with Crippen LogP contribution in [0.3, 0.4) is 0 Å². The number of ether oxygens (including phenoxy) is 3. The minimum atomic E-state index is -4.91. The molecule has 2 aromatic carbocycles. The van der Waals surface area contributed by atoms with E-state index in [1.165, 1.54) is 30.3 Å². The number of rotatable bonds is 8. The van der Waals surface area contributed by atoms with Gasteiger partial charge in [-0.05, 0) is 58.9 Å². The Balaban J connectivity index is 1.88. The van der Waals surface area contributed by atoms with Crippen molar-refractivity contribution in [1.29, 1.82) is 0 Å². The number of halogens is 3. The Morgan fingerprint density at radius 3 is 2.25 bits per heavy atom. The van der Waals surface area contributed by atoms with Crippen LogP contribution in [0.1, 0.15) is 41.0 Å². The quantitative estimate of drug-likeness (QED) is 0.191. The van der Waals surface area contributed by atoms with Crippen molar-refractivity contribution in [2.24, 2.45) is 0 Å². The summed E-state index contributed by atoms with van der Waals surface area (Å²) in [5.41, 5.74) is -2.08. The molecule has 0 amide bonds. The fourth-order valence-corrected chi connectivity index (χ4v) is 4.00. The molecule has 36 heavy (non-hydrogen) atoms. The molecule has 0 bridgehead atoms. The van der Waals surface area contributed by atoms with E-state index in [4.69, 9.17) is 13.9 Å². The third-order valence-electron chi connectivity index (χ3n) is 5.07. The number of carbonyl (C=O) groups excluding carboxylic acids is 1. The average molecular weight is 505 g/mol. The standard InChI is InChI=1S/C27H27F3O6/c1-16(2)23(31)36-26(5,6)15-25(3,4)34-18-12-11-17-13-20(24(32)33-22(17)14-18)19-9-7-8-10-21(19)35-27(28,29)30/h7-14H,1,15H2,2-6H3. The van der Waals surface area contributed by atoms with Gasteiger partial charge in [-0.2, -0.15) is 0 Å². The van der Waals surface area contributed by atoms with Gasteiger partial charge in [-0.3, -0.25) is 0 Å². The van der Waals surface area contributed by atoms with Crippen LogP contribution in [0.2, 0.25) is 0 Å². The highest BCUT2D eigenvalue weighted by Gasteiger charge is 2.34. The average Bonchev–Trinajstić information content (AvgIpc) is 2.71. The number of alkyl halides is 3. The molecule has 0 saturated heterocycles. The summed E-state index contributed by atoms with van der Waals surface area (Å²) in [6, 6.07) is 11.6. The number of esters is 1. The Morgan fingerprint density at radius 2 is 1.61 bits per heavy atom. The first-order valence-corrected chi connectivity index (χ1v) is 11.1. The van der Waals surface area contributed by atoms with E-state index in [1.807, 2.05) is 13.8 Å². The molecule has 192 valence electrons. The van der Waals surface area contributed by atoms with Crippen molar-refractivity contribution in [2.45, 2.75) is 58.6 Å². The molecular formula is C27H27F3O6. The van der Waals surface area contributed by atoms with Gasteiger partial charge in [0, 0.05) is 29.0 Å². The lowest BCUT2D eigenvalue weighted by molar-refractivity contribution is -0.274. The Labute approximate surface area is 206 Å². The Hall–Kier alpha value is -3.75. The molecule has 6 nitrogen and oxygen atoms in total. The lowest BCUT2D eigenvalue weighted by atomic mass is 9.92. The lowest BCUT2D eigenvalue weighted by Gasteiger charge is -2.35. The van der Waals surface area contributed by atoms with E-state index in [2.05, 4.69) is 11.3 Å². The first kappa shape index (κ1) is 26.8. The van der Waals surface area contributed by atoms with Gasteiger partial charge in [0.15, 0.2) is 0 Å². The first-order valence-electron chi connectivity index (χ1n) is 11.1. The molecule has 0 N–H and O–H groups in total. The van der Waals surface area contributed by atoms with Crippen molar-refractivity contribution < 1.29 is 36.6 Å². The minimum Gasteiger partial charge on any atom is -0.488 e. The second-order valence-electron chi connectivity index (χ2n) is 9.66. The van der Waals surface area contributed by atoms with Gasteiger partial charge in [0.2, 0.25) is 0 Å². The number of carbonyl (C=O) groups is 1. The summed E-state index contributed by atoms with van der Waals surface area (Å²) in [5, 5.41) is 0.479. The zero-order chi connectivity index (χ0) is 26.9. The summed E-state index contributed by atoms with van der Waals surface area (Å²) in [4.78, 5) is 24.6. The largest absolute Gasteiger partial charge is 0.573 e. The maximum atomic E-state index is 12.8. The normalized spacial score (nSPS) is 12.3. The van der Waals surface area contributed by atoms with Crippen LogP contribution in [0.4, 0.5) is 13.2 Å². The Kier molecular flexibility index (Phi) is 7.25. The third kappa shape index (κ3) is 6.90. The highest BCUT2D eigenvalue weighted by molar-refractivity contribution is 5.87. The fourth-order valence-electron chi connectivity index (χ4n) is 4.00. The van der Waals surface area contributed by atoms with Crippen molar-refractivity contribution in [3.63, 3.8) is 0 Å². The SMILES string of the molecule is C=C(C)C(=O)OC(C)(C)CC(C)(C)Oc1ccc2cc(-c3ccccc3OC(F)(F)F)c(=O)oc2c1. The predicted octanol–water partition coefficient (Wildman–Crippen LogP) is 6.80. The minimum absolute atomic E-state index is 0.0431. The van der Waals surface area contributed by atoms with Crippen molar-refractivity contribution >= 4 is 16.9 Å². The molecule has 0 aliphatic rings. The van der Waals surface area contributed by atoms with Crippen molar-refractivity contribution in [3.8, 4) is 22.6 Å². The molecule has 0 aliphatic carbocycles. The van der Waals surface area contributed by atoms with Gasteiger partial charge >= 0.3 is 18.0 Å². The van der Waals surface area contributed by atoms with E-state index >= 15 is 0 Å². The number of fused-ring (bicyclic) bond motifs is 1. The van der Waals surface area contributed by atoms with Crippen LogP contribution in [0.15, 0.2) is 69.9 Å². The molecule has 0 atom stereocenters. The van der Waals surface area contributed by atoms with Crippen LogP contribution in [0.25, 0.3) is 22.1 Å². The fraction of sp³-hybridized carbons (Fsp3) is 0.333. The molecule has 0 aliphatic heterocycles. The molecule has 0 radical (unpaired) electrons. The van der Waals surface area contributed by atoms with Crippen molar-refractivity contribution in [2.75, 3.05) is 0 Å². The molecule has 9 heteroatoms. The van der Waals surface area contributed by atoms with E-state index in [1.54, 1.807) is 32.9 Å². The number of para-hydroxylation sites is 1. The molecule has 0 spiro atoms. The Morgan fingerprint density at radius 1 is 0.944 bits per heavy atom. The van der Waals surface area contributed by atoms with E-state index < -0.39 is 34.9 Å². The summed E-state index contributed by atoms with van der Waals surface area (Å²) in [6.07, 6.45) is -4.57. The summed E-state index contributed by atoms with van der Waals surface area (Å²) < 4.78 is 59.5. The molecule has 0 unspecified atom stereocenters. The number of benzene rings is 2. The lowest BCUT2D eigenvalue weighted by Crippen LogP contribution is -2.40. The predicted molar refractivity (Wildman–Crippen MR) is 129 cm³/mol. The first-order chi connectivity index (χ1) is 16.6. The van der Waals surface area contributed by atoms with Crippen molar-refractivity contribution in [1.82, 2.24) is 0 Å². The summed E-state index contributed by atoms with van der Waals surface area (Å²) in [6.45, 7) is 12.3. The second kappa shape index (κ2) is 9.72. The highest BCUT2D eigenvalue weighted by Crippen LogP contribution is 2.35. The molecule has 0 fully saturated rings. The molecule has 0 saturated carbocycles. The Bertz CT molecular complexity index is 1350. The number of hydrogen-bond acceptors (Lipinski definition) is 6. The van der Waals surface area contributed by atoms with E-state index in [0.717, 1.165) is 6.07 Å². The molecule has 1 aromatic heterocycles. The molecular weight excluding hydrogens is 477 g/mol.